The Morgan fingerprint density at radius 3 is 1.84 bits per heavy atom. The average molecular weight is 517 g/mol. The highest BCUT2D eigenvalue weighted by Crippen LogP contribution is 2.36. The van der Waals surface area contributed by atoms with E-state index < -0.39 is 6.10 Å². The zero-order chi connectivity index (χ0) is 27.1. The summed E-state index contributed by atoms with van der Waals surface area (Å²) in [6, 6.07) is 17.1. The van der Waals surface area contributed by atoms with Crippen molar-refractivity contribution >= 4 is 24.0 Å². The maximum atomic E-state index is 10.0. The summed E-state index contributed by atoms with van der Waals surface area (Å²) in [7, 11) is -0.329. The van der Waals surface area contributed by atoms with E-state index in [4.69, 9.17) is 9.31 Å². The predicted octanol–water partition coefficient (Wildman–Crippen LogP) is 3.90. The zero-order valence-corrected chi connectivity index (χ0v) is 23.5. The first kappa shape index (κ1) is 26.7. The lowest BCUT2D eigenvalue weighted by molar-refractivity contribution is 0.00578. The van der Waals surface area contributed by atoms with Gasteiger partial charge in [-0.2, -0.15) is 0 Å². The van der Waals surface area contributed by atoms with Gasteiger partial charge in [-0.25, -0.2) is 4.68 Å². The zero-order valence-electron chi connectivity index (χ0n) is 23.5. The van der Waals surface area contributed by atoms with Crippen molar-refractivity contribution in [3.05, 3.63) is 54.7 Å². The van der Waals surface area contributed by atoms with Crippen LogP contribution in [0.5, 0.6) is 0 Å². The molecule has 0 aliphatic carbocycles. The number of aliphatic hydroxyl groups is 1. The number of hydrogen-bond donors (Lipinski definition) is 1. The van der Waals surface area contributed by atoms with Gasteiger partial charge in [-0.3, -0.25) is 0 Å². The summed E-state index contributed by atoms with van der Waals surface area (Å²) in [6.07, 6.45) is 2.26. The van der Waals surface area contributed by atoms with Crippen LogP contribution in [0.15, 0.2) is 54.7 Å². The number of hydrogen-bond acceptors (Lipinski definition) is 7. The van der Waals surface area contributed by atoms with Crippen LogP contribution in [0.1, 0.15) is 54.0 Å². The highest BCUT2D eigenvalue weighted by atomic mass is 16.7. The largest absolute Gasteiger partial charge is 0.494 e. The van der Waals surface area contributed by atoms with E-state index in [1.807, 2.05) is 13.1 Å². The van der Waals surface area contributed by atoms with Crippen molar-refractivity contribution in [1.29, 1.82) is 0 Å². The minimum atomic E-state index is -0.469. The smallest absolute Gasteiger partial charge is 0.399 e. The fourth-order valence-electron chi connectivity index (χ4n) is 5.21. The summed E-state index contributed by atoms with van der Waals surface area (Å²) in [4.78, 5) is 4.86. The van der Waals surface area contributed by atoms with Gasteiger partial charge < -0.3 is 24.2 Å². The van der Waals surface area contributed by atoms with Gasteiger partial charge in [-0.05, 0) is 70.8 Å². The molecule has 8 nitrogen and oxygen atoms in total. The number of piperazine rings is 1. The van der Waals surface area contributed by atoms with Crippen LogP contribution in [-0.2, 0) is 9.31 Å². The third-order valence-electron chi connectivity index (χ3n) is 8.42. The maximum absolute atomic E-state index is 10.0. The summed E-state index contributed by atoms with van der Waals surface area (Å²) in [5.74, 6) is 0. The van der Waals surface area contributed by atoms with Crippen molar-refractivity contribution in [1.82, 2.24) is 15.0 Å². The summed E-state index contributed by atoms with van der Waals surface area (Å²) in [5.41, 5.74) is 4.69. The molecule has 0 radical (unpaired) electrons. The highest BCUT2D eigenvalue weighted by molar-refractivity contribution is 6.62. The quantitative estimate of drug-likeness (QED) is 0.477. The predicted molar refractivity (Wildman–Crippen MR) is 153 cm³/mol. The minimum Gasteiger partial charge on any atom is -0.399 e. The maximum Gasteiger partial charge on any atom is 0.494 e. The van der Waals surface area contributed by atoms with Gasteiger partial charge in [0.2, 0.25) is 0 Å². The molecular weight excluding hydrogens is 477 g/mol. The molecule has 2 fully saturated rings. The van der Waals surface area contributed by atoms with Crippen LogP contribution in [0.2, 0.25) is 0 Å². The Kier molecular flexibility index (Phi) is 7.28. The van der Waals surface area contributed by atoms with E-state index in [9.17, 15) is 5.11 Å². The first-order valence-corrected chi connectivity index (χ1v) is 13.7. The molecule has 2 saturated heterocycles. The van der Waals surface area contributed by atoms with E-state index in [2.05, 4.69) is 96.3 Å². The molecule has 2 unspecified atom stereocenters. The van der Waals surface area contributed by atoms with Crippen molar-refractivity contribution in [2.45, 2.75) is 71.3 Å². The Morgan fingerprint density at radius 2 is 1.37 bits per heavy atom. The Morgan fingerprint density at radius 1 is 0.868 bits per heavy atom. The van der Waals surface area contributed by atoms with Crippen molar-refractivity contribution in [2.75, 3.05) is 36.0 Å². The van der Waals surface area contributed by atoms with Crippen molar-refractivity contribution < 1.29 is 14.4 Å². The van der Waals surface area contributed by atoms with Gasteiger partial charge in [0.15, 0.2) is 0 Å². The van der Waals surface area contributed by atoms with Gasteiger partial charge in [0.25, 0.3) is 0 Å². The fraction of sp³-hybridized carbons (Fsp3) is 0.517. The molecule has 0 spiro atoms. The molecule has 2 atom stereocenters. The highest BCUT2D eigenvalue weighted by Gasteiger charge is 2.51. The molecule has 2 aliphatic heterocycles. The Balaban J connectivity index is 1.17. The van der Waals surface area contributed by atoms with Crippen LogP contribution < -0.4 is 15.3 Å². The number of nitrogens with zero attached hydrogens (tertiary/aromatic N) is 5. The summed E-state index contributed by atoms with van der Waals surface area (Å²) < 4.78 is 14.2. The Labute approximate surface area is 226 Å². The number of aliphatic hydroxyl groups excluding tert-OH is 1. The normalized spacial score (nSPS) is 20.6. The van der Waals surface area contributed by atoms with Gasteiger partial charge in [0.1, 0.15) is 5.69 Å². The molecule has 3 heterocycles. The van der Waals surface area contributed by atoms with E-state index in [1.54, 1.807) is 11.6 Å². The van der Waals surface area contributed by atoms with E-state index in [1.165, 1.54) is 11.4 Å². The van der Waals surface area contributed by atoms with Gasteiger partial charge in [0.05, 0.1) is 29.5 Å². The van der Waals surface area contributed by atoms with Gasteiger partial charge in [0, 0.05) is 43.1 Å². The molecule has 1 N–H and O–H groups in total. The standard InChI is InChI=1S/C29H40BN5O3/c1-7-27(21(2)36)35-20-26(31-32-35)22-8-12-24(13-9-22)33-16-18-34(19-17-33)25-14-10-23(11-15-25)30-37-28(3,4)29(5,6)38-30/h8-15,20-21,27,36H,7,16-19H2,1-6H3. The van der Waals surface area contributed by atoms with E-state index in [0.29, 0.717) is 0 Å². The first-order chi connectivity index (χ1) is 18.1. The molecular formula is C29H40BN5O3. The molecule has 1 aromatic heterocycles. The van der Waals surface area contributed by atoms with Crippen LogP contribution in [0.3, 0.4) is 0 Å². The molecule has 0 amide bonds. The van der Waals surface area contributed by atoms with Crippen LogP contribution in [0.4, 0.5) is 11.4 Å². The van der Waals surface area contributed by atoms with E-state index in [-0.39, 0.29) is 24.4 Å². The number of benzene rings is 2. The monoisotopic (exact) mass is 517 g/mol. The van der Waals surface area contributed by atoms with E-state index in [0.717, 1.165) is 49.3 Å². The minimum absolute atomic E-state index is 0.0632. The van der Waals surface area contributed by atoms with Gasteiger partial charge in [-0.15, -0.1) is 5.10 Å². The number of aromatic nitrogens is 3. The second-order valence-electron chi connectivity index (χ2n) is 11.5. The van der Waals surface area contributed by atoms with Gasteiger partial charge >= 0.3 is 7.12 Å². The molecule has 0 bridgehead atoms. The molecule has 5 rings (SSSR count). The van der Waals surface area contributed by atoms with Crippen LogP contribution in [0.25, 0.3) is 11.3 Å². The lowest BCUT2D eigenvalue weighted by Gasteiger charge is -2.37. The Hall–Kier alpha value is -2.88. The van der Waals surface area contributed by atoms with Crippen LogP contribution in [-0.4, -0.2) is 70.7 Å². The second-order valence-corrected chi connectivity index (χ2v) is 11.5. The molecule has 202 valence electrons. The van der Waals surface area contributed by atoms with Crippen molar-refractivity contribution in [3.8, 4) is 11.3 Å². The molecule has 38 heavy (non-hydrogen) atoms. The number of anilines is 2. The van der Waals surface area contributed by atoms with Crippen molar-refractivity contribution in [3.63, 3.8) is 0 Å². The number of rotatable bonds is 7. The summed E-state index contributed by atoms with van der Waals surface area (Å²) >= 11 is 0. The lowest BCUT2D eigenvalue weighted by atomic mass is 9.79. The molecule has 2 aliphatic rings. The van der Waals surface area contributed by atoms with E-state index >= 15 is 0 Å². The van der Waals surface area contributed by atoms with Crippen LogP contribution in [0, 0.1) is 0 Å². The van der Waals surface area contributed by atoms with Crippen LogP contribution >= 0.6 is 0 Å². The average Bonchev–Trinajstić information content (AvgIpc) is 3.46. The molecule has 0 saturated carbocycles. The third-order valence-corrected chi connectivity index (χ3v) is 8.42. The third kappa shape index (κ3) is 5.19. The van der Waals surface area contributed by atoms with Crippen molar-refractivity contribution in [2.24, 2.45) is 0 Å². The molecule has 9 heteroatoms. The SMILES string of the molecule is CCC(C(C)O)n1cc(-c2ccc(N3CCN(c4ccc(B5OC(C)(C)C(C)(C)O5)cc4)CC3)cc2)nn1. The second kappa shape index (κ2) is 10.4. The lowest BCUT2D eigenvalue weighted by Crippen LogP contribution is -2.46. The summed E-state index contributed by atoms with van der Waals surface area (Å²) in [5, 5.41) is 18.6. The fourth-order valence-corrected chi connectivity index (χ4v) is 5.21. The molecule has 2 aromatic carbocycles. The Bertz CT molecular complexity index is 1200. The topological polar surface area (TPSA) is 75.9 Å². The molecule has 3 aromatic rings. The first-order valence-electron chi connectivity index (χ1n) is 13.7. The van der Waals surface area contributed by atoms with Gasteiger partial charge in [-0.1, -0.05) is 36.4 Å². The summed E-state index contributed by atoms with van der Waals surface area (Å²) in [6.45, 7) is 16.0.